The Morgan fingerprint density at radius 3 is 2.36 bits per heavy atom. The van der Waals surface area contributed by atoms with Crippen LogP contribution < -0.4 is 5.32 Å². The van der Waals surface area contributed by atoms with Crippen molar-refractivity contribution >= 4 is 0 Å². The van der Waals surface area contributed by atoms with E-state index in [1.807, 2.05) is 6.07 Å². The number of nitrogens with one attached hydrogen (secondary N) is 1. The summed E-state index contributed by atoms with van der Waals surface area (Å²) < 4.78 is 5.87. The van der Waals surface area contributed by atoms with E-state index in [1.165, 1.54) is 24.0 Å². The highest BCUT2D eigenvalue weighted by molar-refractivity contribution is 5.19. The topological polar surface area (TPSA) is 41.5 Å². The normalized spacial score (nSPS) is 20.8. The van der Waals surface area contributed by atoms with Gasteiger partial charge in [0.2, 0.25) is 0 Å². The molecule has 1 aliphatic rings. The average Bonchev–Trinajstić information content (AvgIpc) is 2.63. The number of aliphatic hydroxyl groups excluding tert-OH is 1. The molecular weight excluding hydrogens is 310 g/mol. The first-order valence-corrected chi connectivity index (χ1v) is 9.38. The lowest BCUT2D eigenvalue weighted by molar-refractivity contribution is 0.0424. The zero-order chi connectivity index (χ0) is 17.3. The van der Waals surface area contributed by atoms with Gasteiger partial charge in [-0.3, -0.25) is 0 Å². The van der Waals surface area contributed by atoms with Crippen molar-refractivity contribution in [1.82, 2.24) is 5.32 Å². The van der Waals surface area contributed by atoms with E-state index >= 15 is 0 Å². The van der Waals surface area contributed by atoms with Crippen LogP contribution in [0.3, 0.4) is 0 Å². The summed E-state index contributed by atoms with van der Waals surface area (Å²) in [6, 6.07) is 21.8. The Balaban J connectivity index is 1.39. The molecule has 1 aliphatic carbocycles. The molecule has 2 aromatic rings. The third kappa shape index (κ3) is 5.67. The van der Waals surface area contributed by atoms with Gasteiger partial charge in [-0.1, -0.05) is 60.7 Å². The van der Waals surface area contributed by atoms with Crippen LogP contribution in [0.1, 0.15) is 42.9 Å². The van der Waals surface area contributed by atoms with Crippen LogP contribution in [0.5, 0.6) is 0 Å². The first-order chi connectivity index (χ1) is 12.3. The van der Waals surface area contributed by atoms with Crippen molar-refractivity contribution in [2.24, 2.45) is 5.92 Å². The highest BCUT2D eigenvalue weighted by Gasteiger charge is 2.30. The van der Waals surface area contributed by atoms with Gasteiger partial charge >= 0.3 is 0 Å². The summed E-state index contributed by atoms with van der Waals surface area (Å²) in [4.78, 5) is 0. The molecule has 3 heteroatoms. The van der Waals surface area contributed by atoms with Crippen LogP contribution in [0.25, 0.3) is 0 Å². The van der Waals surface area contributed by atoms with Crippen molar-refractivity contribution in [2.45, 2.75) is 44.4 Å². The molecule has 1 unspecified atom stereocenters. The van der Waals surface area contributed by atoms with E-state index in [0.29, 0.717) is 24.6 Å². The standard InChI is InChI=1S/C22H29NO2/c24-13-7-12-22(20-10-5-2-6-11-20)23-21-14-19(15-21)17-25-16-18-8-3-1-4-9-18/h1-6,8-11,19,21-24H,7,12-17H2. The second-order valence-electron chi connectivity index (χ2n) is 7.03. The van der Waals surface area contributed by atoms with Crippen molar-refractivity contribution in [3.8, 4) is 0 Å². The molecule has 134 valence electrons. The Hall–Kier alpha value is -1.68. The zero-order valence-corrected chi connectivity index (χ0v) is 14.8. The zero-order valence-electron chi connectivity index (χ0n) is 14.8. The van der Waals surface area contributed by atoms with Gasteiger partial charge < -0.3 is 15.2 Å². The molecule has 3 rings (SSSR count). The van der Waals surface area contributed by atoms with Crippen molar-refractivity contribution in [3.63, 3.8) is 0 Å². The molecule has 25 heavy (non-hydrogen) atoms. The van der Waals surface area contributed by atoms with E-state index in [4.69, 9.17) is 9.84 Å². The van der Waals surface area contributed by atoms with Gasteiger partial charge in [-0.15, -0.1) is 0 Å². The molecule has 0 amide bonds. The maximum atomic E-state index is 9.16. The van der Waals surface area contributed by atoms with Crippen LogP contribution in [0.2, 0.25) is 0 Å². The molecule has 0 aromatic heterocycles. The molecule has 0 spiro atoms. The van der Waals surface area contributed by atoms with Gasteiger partial charge in [0, 0.05) is 25.3 Å². The van der Waals surface area contributed by atoms with Gasteiger partial charge in [-0.25, -0.2) is 0 Å². The van der Waals surface area contributed by atoms with Crippen LogP contribution >= 0.6 is 0 Å². The first kappa shape index (κ1) is 18.1. The average molecular weight is 339 g/mol. The molecular formula is C22H29NO2. The van der Waals surface area contributed by atoms with Gasteiger partial charge in [0.15, 0.2) is 0 Å². The molecule has 0 aliphatic heterocycles. The quantitative estimate of drug-likeness (QED) is 0.685. The smallest absolute Gasteiger partial charge is 0.0717 e. The number of benzene rings is 2. The van der Waals surface area contributed by atoms with E-state index < -0.39 is 0 Å². The molecule has 0 saturated heterocycles. The van der Waals surface area contributed by atoms with Gasteiger partial charge in [-0.2, -0.15) is 0 Å². The summed E-state index contributed by atoms with van der Waals surface area (Å²) in [6.07, 6.45) is 4.17. The molecule has 3 nitrogen and oxygen atoms in total. The lowest BCUT2D eigenvalue weighted by Gasteiger charge is -2.38. The minimum absolute atomic E-state index is 0.256. The van der Waals surface area contributed by atoms with Crippen LogP contribution in [0.15, 0.2) is 60.7 Å². The van der Waals surface area contributed by atoms with Crippen molar-refractivity contribution < 1.29 is 9.84 Å². The number of hydrogen-bond acceptors (Lipinski definition) is 3. The maximum Gasteiger partial charge on any atom is 0.0717 e. The Morgan fingerprint density at radius 1 is 1.00 bits per heavy atom. The fourth-order valence-corrected chi connectivity index (χ4v) is 3.54. The van der Waals surface area contributed by atoms with Gasteiger partial charge in [0.1, 0.15) is 0 Å². The Kier molecular flexibility index (Phi) is 7.04. The Labute approximate surface area is 151 Å². The van der Waals surface area contributed by atoms with E-state index in [1.54, 1.807) is 0 Å². The number of rotatable bonds is 10. The van der Waals surface area contributed by atoms with Crippen LogP contribution in [-0.2, 0) is 11.3 Å². The minimum Gasteiger partial charge on any atom is -0.396 e. The molecule has 0 bridgehead atoms. The van der Waals surface area contributed by atoms with Crippen LogP contribution in [-0.4, -0.2) is 24.4 Å². The molecule has 2 N–H and O–H groups in total. The SMILES string of the molecule is OCCCC(NC1CC(COCc2ccccc2)C1)c1ccccc1. The summed E-state index contributed by atoms with van der Waals surface area (Å²) in [5.41, 5.74) is 2.56. The highest BCUT2D eigenvalue weighted by Crippen LogP contribution is 2.31. The lowest BCUT2D eigenvalue weighted by Crippen LogP contribution is -2.44. The van der Waals surface area contributed by atoms with Crippen molar-refractivity contribution in [3.05, 3.63) is 71.8 Å². The summed E-state index contributed by atoms with van der Waals surface area (Å²) >= 11 is 0. The monoisotopic (exact) mass is 339 g/mol. The molecule has 0 heterocycles. The molecule has 1 saturated carbocycles. The van der Waals surface area contributed by atoms with Gasteiger partial charge in [-0.05, 0) is 42.7 Å². The third-order valence-corrected chi connectivity index (χ3v) is 4.99. The van der Waals surface area contributed by atoms with Crippen molar-refractivity contribution in [2.75, 3.05) is 13.2 Å². The lowest BCUT2D eigenvalue weighted by atomic mass is 9.80. The number of hydrogen-bond donors (Lipinski definition) is 2. The van der Waals surface area contributed by atoms with Gasteiger partial charge in [0.05, 0.1) is 6.61 Å². The summed E-state index contributed by atoms with van der Waals surface area (Å²) in [6.45, 7) is 1.81. The van der Waals surface area contributed by atoms with Crippen molar-refractivity contribution in [1.29, 1.82) is 0 Å². The summed E-state index contributed by atoms with van der Waals surface area (Å²) in [5, 5.41) is 12.9. The second-order valence-corrected chi connectivity index (χ2v) is 7.03. The highest BCUT2D eigenvalue weighted by atomic mass is 16.5. The first-order valence-electron chi connectivity index (χ1n) is 9.38. The number of ether oxygens (including phenoxy) is 1. The predicted octanol–water partition coefficient (Wildman–Crippen LogP) is 4.09. The van der Waals surface area contributed by atoms with Crippen LogP contribution in [0, 0.1) is 5.92 Å². The summed E-state index contributed by atoms with van der Waals surface area (Å²) in [5.74, 6) is 0.662. The molecule has 0 radical (unpaired) electrons. The van der Waals surface area contributed by atoms with Crippen LogP contribution in [0.4, 0.5) is 0 Å². The van der Waals surface area contributed by atoms with E-state index in [9.17, 15) is 0 Å². The second kappa shape index (κ2) is 9.71. The number of aliphatic hydroxyl groups is 1. The fourth-order valence-electron chi connectivity index (χ4n) is 3.54. The Bertz CT molecular complexity index is 596. The van der Waals surface area contributed by atoms with E-state index in [2.05, 4.69) is 59.9 Å². The largest absolute Gasteiger partial charge is 0.396 e. The molecule has 1 atom stereocenters. The van der Waals surface area contributed by atoms with E-state index in [0.717, 1.165) is 19.4 Å². The fraction of sp³-hybridized carbons (Fsp3) is 0.455. The minimum atomic E-state index is 0.256. The third-order valence-electron chi connectivity index (χ3n) is 4.99. The molecule has 2 aromatic carbocycles. The van der Waals surface area contributed by atoms with E-state index in [-0.39, 0.29) is 6.61 Å². The van der Waals surface area contributed by atoms with Gasteiger partial charge in [0.25, 0.3) is 0 Å². The molecule has 1 fully saturated rings. The Morgan fingerprint density at radius 2 is 1.68 bits per heavy atom. The maximum absolute atomic E-state index is 9.16. The summed E-state index contributed by atoms with van der Waals surface area (Å²) in [7, 11) is 0. The predicted molar refractivity (Wildman–Crippen MR) is 101 cm³/mol.